The van der Waals surface area contributed by atoms with Crippen LogP contribution in [0.25, 0.3) is 0 Å². The molecule has 0 radical (unpaired) electrons. The van der Waals surface area contributed by atoms with E-state index in [-0.39, 0.29) is 18.6 Å². The van der Waals surface area contributed by atoms with Gasteiger partial charge in [-0.25, -0.2) is 0 Å². The van der Waals surface area contributed by atoms with Crippen molar-refractivity contribution < 1.29 is 30.3 Å². The van der Waals surface area contributed by atoms with E-state index in [1.54, 1.807) is 0 Å². The van der Waals surface area contributed by atoms with Crippen LogP contribution in [0.1, 0.15) is 39.5 Å². The Kier molecular flexibility index (Phi) is 13.3. The summed E-state index contributed by atoms with van der Waals surface area (Å²) >= 11 is 4.08. The summed E-state index contributed by atoms with van der Waals surface area (Å²) in [6.07, 6.45) is 0.376. The van der Waals surface area contributed by atoms with E-state index in [1.165, 1.54) is 0 Å². The quantitative estimate of drug-likeness (QED) is 0.422. The fourth-order valence-corrected chi connectivity index (χ4v) is 1.39. The van der Waals surface area contributed by atoms with Gasteiger partial charge >= 0.3 is 5.97 Å². The zero-order valence-corrected chi connectivity index (χ0v) is 12.1. The van der Waals surface area contributed by atoms with Crippen LogP contribution in [0.5, 0.6) is 0 Å². The second kappa shape index (κ2) is 12.3. The smallest absolute Gasteiger partial charge is 0.306 e. The summed E-state index contributed by atoms with van der Waals surface area (Å²) in [5, 5.41) is 42.2. The molecule has 7 heteroatoms. The van der Waals surface area contributed by atoms with Crippen molar-refractivity contribution in [1.29, 1.82) is 0 Å². The SMILES string of the molecule is CCCC(O)C(CC)CO.O=C(O)CC(O)C(O)=S. The topological polar surface area (TPSA) is 118 Å². The molecule has 5 N–H and O–H groups in total. The zero-order valence-electron chi connectivity index (χ0n) is 11.3. The highest BCUT2D eigenvalue weighted by molar-refractivity contribution is 7.80. The molecule has 0 heterocycles. The number of hydrogen-bond acceptors (Lipinski definition) is 5. The highest BCUT2D eigenvalue weighted by Crippen LogP contribution is 2.12. The highest BCUT2D eigenvalue weighted by Gasteiger charge is 2.14. The summed E-state index contributed by atoms with van der Waals surface area (Å²) in [5.74, 6) is -1.11. The van der Waals surface area contributed by atoms with Crippen LogP contribution in [0.4, 0.5) is 0 Å². The number of carbonyl (C=O) groups is 1. The maximum Gasteiger partial charge on any atom is 0.306 e. The van der Waals surface area contributed by atoms with Crippen LogP contribution in [0.3, 0.4) is 0 Å². The van der Waals surface area contributed by atoms with Crippen molar-refractivity contribution in [3.63, 3.8) is 0 Å². The lowest BCUT2D eigenvalue weighted by Gasteiger charge is -2.17. The molecule has 0 aliphatic rings. The Morgan fingerprint density at radius 1 is 1.21 bits per heavy atom. The normalized spacial score (nSPS) is 14.8. The largest absolute Gasteiger partial charge is 0.500 e. The van der Waals surface area contributed by atoms with E-state index in [0.29, 0.717) is 0 Å². The van der Waals surface area contributed by atoms with E-state index in [9.17, 15) is 9.90 Å². The monoisotopic (exact) mass is 296 g/mol. The summed E-state index contributed by atoms with van der Waals surface area (Å²) in [7, 11) is 0. The van der Waals surface area contributed by atoms with Gasteiger partial charge in [0, 0.05) is 12.5 Å². The van der Waals surface area contributed by atoms with Crippen molar-refractivity contribution in [2.45, 2.75) is 51.7 Å². The van der Waals surface area contributed by atoms with Gasteiger partial charge in [-0.15, -0.1) is 0 Å². The average Bonchev–Trinajstić information content (AvgIpc) is 2.30. The molecule has 0 fully saturated rings. The van der Waals surface area contributed by atoms with Crippen molar-refractivity contribution >= 4 is 23.2 Å². The van der Waals surface area contributed by atoms with Crippen molar-refractivity contribution in [2.24, 2.45) is 5.92 Å². The minimum atomic E-state index is -1.42. The van der Waals surface area contributed by atoms with E-state index in [0.717, 1.165) is 19.3 Å². The molecule has 0 saturated carbocycles. The molecular weight excluding hydrogens is 272 g/mol. The van der Waals surface area contributed by atoms with Crippen LogP contribution in [-0.2, 0) is 4.79 Å². The molecule has 0 bridgehead atoms. The number of hydrogen-bond donors (Lipinski definition) is 5. The van der Waals surface area contributed by atoms with Gasteiger partial charge in [0.1, 0.15) is 6.10 Å². The third kappa shape index (κ3) is 12.0. The van der Waals surface area contributed by atoms with Gasteiger partial charge in [-0.3, -0.25) is 4.79 Å². The number of aliphatic hydroxyl groups is 4. The van der Waals surface area contributed by atoms with E-state index in [1.807, 2.05) is 13.8 Å². The molecule has 0 spiro atoms. The first kappa shape index (κ1) is 20.6. The summed E-state index contributed by atoms with van der Waals surface area (Å²) in [4.78, 5) is 9.78. The molecule has 3 unspecified atom stereocenters. The van der Waals surface area contributed by atoms with E-state index < -0.39 is 23.5 Å². The number of aliphatic hydroxyl groups excluding tert-OH is 4. The van der Waals surface area contributed by atoms with Gasteiger partial charge in [-0.05, 0) is 25.1 Å². The van der Waals surface area contributed by atoms with Gasteiger partial charge < -0.3 is 25.5 Å². The number of aliphatic carboxylic acids is 1. The van der Waals surface area contributed by atoms with Crippen LogP contribution in [0, 0.1) is 5.92 Å². The Bertz CT molecular complexity index is 255. The average molecular weight is 296 g/mol. The minimum absolute atomic E-state index is 0.0833. The molecule has 0 aliphatic carbocycles. The Morgan fingerprint density at radius 2 is 1.74 bits per heavy atom. The third-order valence-electron chi connectivity index (χ3n) is 2.54. The number of thiocarbonyl (C=S) groups is 1. The molecule has 0 aliphatic heterocycles. The van der Waals surface area contributed by atoms with Crippen LogP contribution in [-0.4, -0.2) is 55.4 Å². The maximum absolute atomic E-state index is 9.78. The highest BCUT2D eigenvalue weighted by atomic mass is 32.1. The van der Waals surface area contributed by atoms with Crippen LogP contribution >= 0.6 is 12.2 Å². The Balaban J connectivity index is 0. The molecule has 0 amide bonds. The molecule has 0 aromatic rings. The molecule has 114 valence electrons. The lowest BCUT2D eigenvalue weighted by Crippen LogP contribution is -2.22. The van der Waals surface area contributed by atoms with Gasteiger partial charge in [0.25, 0.3) is 0 Å². The predicted molar refractivity (Wildman–Crippen MR) is 75.3 cm³/mol. The predicted octanol–water partition coefficient (Wildman–Crippen LogP) is 0.873. The number of carboxylic acids is 1. The maximum atomic E-state index is 9.78. The van der Waals surface area contributed by atoms with Gasteiger partial charge in [0.15, 0.2) is 5.05 Å². The van der Waals surface area contributed by atoms with Crippen molar-refractivity contribution in [1.82, 2.24) is 0 Å². The zero-order chi connectivity index (χ0) is 15.4. The molecule has 0 saturated heterocycles. The summed E-state index contributed by atoms with van der Waals surface area (Å²) in [6.45, 7) is 4.13. The second-order valence-electron chi connectivity index (χ2n) is 4.16. The summed E-state index contributed by atoms with van der Waals surface area (Å²) in [6, 6.07) is 0. The van der Waals surface area contributed by atoms with E-state index in [2.05, 4.69) is 12.2 Å². The lowest BCUT2D eigenvalue weighted by molar-refractivity contribution is -0.138. The molecule has 0 aromatic heterocycles. The minimum Gasteiger partial charge on any atom is -0.500 e. The fourth-order valence-electron chi connectivity index (χ4n) is 1.31. The van der Waals surface area contributed by atoms with Gasteiger partial charge in [-0.2, -0.15) is 0 Å². The number of rotatable bonds is 8. The van der Waals surface area contributed by atoms with Crippen LogP contribution in [0.15, 0.2) is 0 Å². The fraction of sp³-hybridized carbons (Fsp3) is 0.833. The first-order valence-corrected chi connectivity index (χ1v) is 6.62. The van der Waals surface area contributed by atoms with Gasteiger partial charge in [0.05, 0.1) is 12.5 Å². The first-order chi connectivity index (χ1) is 8.79. The number of carboxylic acid groups (broad SMARTS) is 1. The van der Waals surface area contributed by atoms with Crippen molar-refractivity contribution in [3.05, 3.63) is 0 Å². The lowest BCUT2D eigenvalue weighted by atomic mass is 9.97. The Hall–Kier alpha value is -0.760. The van der Waals surface area contributed by atoms with Crippen molar-refractivity contribution in [2.75, 3.05) is 6.61 Å². The summed E-state index contributed by atoms with van der Waals surface area (Å²) in [5.41, 5.74) is 0. The molecule has 19 heavy (non-hydrogen) atoms. The molecule has 3 atom stereocenters. The molecule has 0 rings (SSSR count). The van der Waals surface area contributed by atoms with Crippen molar-refractivity contribution in [3.8, 4) is 0 Å². The van der Waals surface area contributed by atoms with Crippen LogP contribution in [0.2, 0.25) is 0 Å². The Morgan fingerprint density at radius 3 is 1.95 bits per heavy atom. The second-order valence-corrected chi connectivity index (χ2v) is 4.58. The van der Waals surface area contributed by atoms with Gasteiger partial charge in [-0.1, -0.05) is 20.3 Å². The van der Waals surface area contributed by atoms with Gasteiger partial charge in [0.2, 0.25) is 0 Å². The van der Waals surface area contributed by atoms with E-state index >= 15 is 0 Å². The Labute approximate surface area is 118 Å². The molecule has 0 aromatic carbocycles. The van der Waals surface area contributed by atoms with E-state index in [4.69, 9.17) is 20.4 Å². The standard InChI is InChI=1S/C8H18O2.C4H6O4S/c1-3-5-8(10)7(4-2)6-9;5-2(4(8)9)1-3(6)7/h7-10H,3-6H2,1-2H3;2,5H,1H2,(H,6,7)(H,8,9). The van der Waals surface area contributed by atoms with Crippen LogP contribution < -0.4 is 0 Å². The summed E-state index contributed by atoms with van der Waals surface area (Å²) < 4.78 is 0. The third-order valence-corrected chi connectivity index (χ3v) is 2.81. The molecule has 6 nitrogen and oxygen atoms in total. The first-order valence-electron chi connectivity index (χ1n) is 6.21. The molecular formula is C12H24O6S.